The van der Waals surface area contributed by atoms with Crippen molar-refractivity contribution < 1.29 is 4.74 Å². The first-order valence-electron chi connectivity index (χ1n) is 7.53. The van der Waals surface area contributed by atoms with Crippen LogP contribution in [0.5, 0.6) is 0 Å². The molecule has 1 aliphatic heterocycles. The Hall–Kier alpha value is -0.160. The molecule has 0 saturated carbocycles. The predicted molar refractivity (Wildman–Crippen MR) is 76.8 cm³/mol. The molecule has 0 aromatic rings. The second kappa shape index (κ2) is 9.73. The zero-order chi connectivity index (χ0) is 13.2. The highest BCUT2D eigenvalue weighted by atomic mass is 16.5. The molecule has 18 heavy (non-hydrogen) atoms. The van der Waals surface area contributed by atoms with Crippen molar-refractivity contribution in [2.75, 3.05) is 39.4 Å². The Morgan fingerprint density at radius 3 is 2.94 bits per heavy atom. The molecular weight excluding hydrogens is 226 g/mol. The van der Waals surface area contributed by atoms with Crippen molar-refractivity contribution in [1.29, 1.82) is 0 Å². The van der Waals surface area contributed by atoms with Crippen LogP contribution in [0.25, 0.3) is 0 Å². The van der Waals surface area contributed by atoms with Crippen LogP contribution in [0.4, 0.5) is 0 Å². The van der Waals surface area contributed by atoms with Crippen LogP contribution < -0.4 is 11.1 Å². The molecule has 0 aromatic carbocycles. The summed E-state index contributed by atoms with van der Waals surface area (Å²) in [4.78, 5) is 2.49. The number of ether oxygens (including phenoxy) is 1. The average Bonchev–Trinajstić information content (AvgIpc) is 2.42. The third-order valence-electron chi connectivity index (χ3n) is 3.90. The van der Waals surface area contributed by atoms with E-state index in [0.717, 1.165) is 32.8 Å². The molecule has 4 heteroatoms. The fraction of sp³-hybridized carbons (Fsp3) is 1.00. The Bertz CT molecular complexity index is 201. The van der Waals surface area contributed by atoms with Crippen LogP contribution in [-0.4, -0.2) is 56.4 Å². The van der Waals surface area contributed by atoms with Crippen molar-refractivity contribution in [2.24, 2.45) is 5.73 Å². The van der Waals surface area contributed by atoms with Crippen LogP contribution in [0.1, 0.15) is 39.5 Å². The second-order valence-electron chi connectivity index (χ2n) is 5.30. The molecule has 1 aliphatic rings. The van der Waals surface area contributed by atoms with Crippen molar-refractivity contribution in [3.8, 4) is 0 Å². The van der Waals surface area contributed by atoms with Gasteiger partial charge in [0.2, 0.25) is 0 Å². The van der Waals surface area contributed by atoms with Crippen molar-refractivity contribution in [2.45, 2.75) is 51.6 Å². The highest BCUT2D eigenvalue weighted by Crippen LogP contribution is 2.15. The molecule has 2 unspecified atom stereocenters. The summed E-state index contributed by atoms with van der Waals surface area (Å²) >= 11 is 0. The Kier molecular flexibility index (Phi) is 8.59. The summed E-state index contributed by atoms with van der Waals surface area (Å²) in [6.45, 7) is 10.0. The van der Waals surface area contributed by atoms with E-state index in [0.29, 0.717) is 12.1 Å². The van der Waals surface area contributed by atoms with E-state index in [2.05, 4.69) is 24.1 Å². The van der Waals surface area contributed by atoms with E-state index in [9.17, 15) is 0 Å². The number of hydrogen-bond acceptors (Lipinski definition) is 4. The number of rotatable bonds is 9. The lowest BCUT2D eigenvalue weighted by Crippen LogP contribution is -2.45. The molecule has 1 fully saturated rings. The Morgan fingerprint density at radius 1 is 1.39 bits per heavy atom. The Labute approximate surface area is 112 Å². The van der Waals surface area contributed by atoms with Gasteiger partial charge < -0.3 is 15.8 Å². The monoisotopic (exact) mass is 257 g/mol. The van der Waals surface area contributed by atoms with Crippen LogP contribution in [0, 0.1) is 0 Å². The molecule has 0 amide bonds. The molecule has 0 aliphatic carbocycles. The number of nitrogens with zero attached hydrogens (tertiary/aromatic N) is 1. The third kappa shape index (κ3) is 6.14. The van der Waals surface area contributed by atoms with Crippen LogP contribution in [0.2, 0.25) is 0 Å². The van der Waals surface area contributed by atoms with Gasteiger partial charge in [0.1, 0.15) is 0 Å². The van der Waals surface area contributed by atoms with Gasteiger partial charge in [0.15, 0.2) is 0 Å². The van der Waals surface area contributed by atoms with Gasteiger partial charge in [-0.25, -0.2) is 0 Å². The lowest BCUT2D eigenvalue weighted by Gasteiger charge is -2.34. The van der Waals surface area contributed by atoms with E-state index in [-0.39, 0.29) is 0 Å². The summed E-state index contributed by atoms with van der Waals surface area (Å²) in [6, 6.07) is 1.18. The lowest BCUT2D eigenvalue weighted by molar-refractivity contribution is 0.0743. The second-order valence-corrected chi connectivity index (χ2v) is 5.30. The first-order valence-corrected chi connectivity index (χ1v) is 7.53. The van der Waals surface area contributed by atoms with Crippen LogP contribution in [0.3, 0.4) is 0 Å². The van der Waals surface area contributed by atoms with Gasteiger partial charge in [0.05, 0.1) is 13.2 Å². The number of nitrogens with two attached hydrogens (primary N) is 1. The van der Waals surface area contributed by atoms with Crippen LogP contribution in [0.15, 0.2) is 0 Å². The van der Waals surface area contributed by atoms with Crippen LogP contribution >= 0.6 is 0 Å². The molecule has 0 aromatic heterocycles. The van der Waals surface area contributed by atoms with Gasteiger partial charge in [0, 0.05) is 31.7 Å². The number of piperidine rings is 1. The van der Waals surface area contributed by atoms with Gasteiger partial charge in [0.25, 0.3) is 0 Å². The van der Waals surface area contributed by atoms with Crippen molar-refractivity contribution in [3.05, 3.63) is 0 Å². The maximum atomic E-state index is 5.80. The van der Waals surface area contributed by atoms with E-state index in [4.69, 9.17) is 10.5 Å². The SMILES string of the molecule is CCC(C)NCCOCCN1CCCCC1CN. The normalized spacial score (nSPS) is 23.2. The first kappa shape index (κ1) is 15.9. The Balaban J connectivity index is 1.99. The highest BCUT2D eigenvalue weighted by Gasteiger charge is 2.20. The highest BCUT2D eigenvalue weighted by molar-refractivity contribution is 4.77. The van der Waals surface area contributed by atoms with E-state index >= 15 is 0 Å². The summed E-state index contributed by atoms with van der Waals surface area (Å²) in [5.74, 6) is 0. The molecule has 1 rings (SSSR count). The standard InChI is InChI=1S/C14H31N3O/c1-3-13(2)16-7-10-18-11-9-17-8-5-4-6-14(17)12-15/h13-14,16H,3-12,15H2,1-2H3. The van der Waals surface area contributed by atoms with E-state index in [1.165, 1.54) is 32.2 Å². The van der Waals surface area contributed by atoms with Gasteiger partial charge in [-0.2, -0.15) is 0 Å². The molecule has 0 radical (unpaired) electrons. The molecule has 0 bridgehead atoms. The topological polar surface area (TPSA) is 50.5 Å². The summed E-state index contributed by atoms with van der Waals surface area (Å²) in [5, 5.41) is 3.43. The molecule has 3 N–H and O–H groups in total. The van der Waals surface area contributed by atoms with Gasteiger partial charge in [-0.3, -0.25) is 4.90 Å². The van der Waals surface area contributed by atoms with E-state index in [1.807, 2.05) is 0 Å². The largest absolute Gasteiger partial charge is 0.379 e. The first-order chi connectivity index (χ1) is 8.77. The molecule has 1 saturated heterocycles. The van der Waals surface area contributed by atoms with E-state index < -0.39 is 0 Å². The van der Waals surface area contributed by atoms with Gasteiger partial charge in [-0.1, -0.05) is 13.3 Å². The minimum Gasteiger partial charge on any atom is -0.379 e. The van der Waals surface area contributed by atoms with Crippen molar-refractivity contribution in [1.82, 2.24) is 10.2 Å². The van der Waals surface area contributed by atoms with E-state index in [1.54, 1.807) is 0 Å². The minimum absolute atomic E-state index is 0.584. The molecule has 1 heterocycles. The van der Waals surface area contributed by atoms with Gasteiger partial charge >= 0.3 is 0 Å². The molecular formula is C14H31N3O. The molecule has 2 atom stereocenters. The third-order valence-corrected chi connectivity index (χ3v) is 3.90. The Morgan fingerprint density at radius 2 is 2.22 bits per heavy atom. The molecule has 4 nitrogen and oxygen atoms in total. The summed E-state index contributed by atoms with van der Waals surface area (Å²) in [5.41, 5.74) is 5.80. The fourth-order valence-electron chi connectivity index (χ4n) is 2.43. The lowest BCUT2D eigenvalue weighted by atomic mass is 10.0. The van der Waals surface area contributed by atoms with Crippen LogP contribution in [-0.2, 0) is 4.74 Å². The smallest absolute Gasteiger partial charge is 0.0594 e. The number of likely N-dealkylation sites (tertiary alicyclic amines) is 1. The molecule has 108 valence electrons. The number of hydrogen-bond donors (Lipinski definition) is 2. The summed E-state index contributed by atoms with van der Waals surface area (Å²) in [6.07, 6.45) is 5.07. The zero-order valence-corrected chi connectivity index (χ0v) is 12.2. The minimum atomic E-state index is 0.584. The maximum absolute atomic E-state index is 5.80. The summed E-state index contributed by atoms with van der Waals surface area (Å²) in [7, 11) is 0. The average molecular weight is 257 g/mol. The van der Waals surface area contributed by atoms with Gasteiger partial charge in [-0.15, -0.1) is 0 Å². The number of nitrogens with one attached hydrogen (secondary N) is 1. The zero-order valence-electron chi connectivity index (χ0n) is 12.2. The fourth-order valence-corrected chi connectivity index (χ4v) is 2.43. The summed E-state index contributed by atoms with van der Waals surface area (Å²) < 4.78 is 5.68. The predicted octanol–water partition coefficient (Wildman–Crippen LogP) is 1.20. The van der Waals surface area contributed by atoms with Crippen molar-refractivity contribution in [3.63, 3.8) is 0 Å². The maximum Gasteiger partial charge on any atom is 0.0594 e. The van der Waals surface area contributed by atoms with Crippen molar-refractivity contribution >= 4 is 0 Å². The molecule has 0 spiro atoms. The van der Waals surface area contributed by atoms with Gasteiger partial charge in [-0.05, 0) is 32.7 Å². The quantitative estimate of drug-likeness (QED) is 0.610.